The molecule has 0 spiro atoms. The third-order valence-electron chi connectivity index (χ3n) is 2.82. The second-order valence-corrected chi connectivity index (χ2v) is 6.95. The zero-order chi connectivity index (χ0) is 15.6. The Kier molecular flexibility index (Phi) is 4.43. The van der Waals surface area contributed by atoms with Crippen molar-refractivity contribution in [1.29, 1.82) is 0 Å². The van der Waals surface area contributed by atoms with Gasteiger partial charge in [-0.05, 0) is 53.5 Å². The number of nitrogens with zero attached hydrogens (tertiary/aromatic N) is 1. The van der Waals surface area contributed by atoms with Crippen LogP contribution in [0.3, 0.4) is 0 Å². The number of ketones is 1. The van der Waals surface area contributed by atoms with E-state index >= 15 is 0 Å². The van der Waals surface area contributed by atoms with E-state index in [9.17, 15) is 13.2 Å². The van der Waals surface area contributed by atoms with Crippen LogP contribution in [0.1, 0.15) is 22.8 Å². The molecular weight excluding hydrogens is 356 g/mol. The fourth-order valence-corrected chi connectivity index (χ4v) is 3.01. The van der Waals surface area contributed by atoms with E-state index in [0.717, 1.165) is 5.56 Å². The van der Waals surface area contributed by atoms with Crippen LogP contribution in [0.4, 0.5) is 5.69 Å². The maximum absolute atomic E-state index is 12.3. The summed E-state index contributed by atoms with van der Waals surface area (Å²) in [4.78, 5) is 15.4. The van der Waals surface area contributed by atoms with Gasteiger partial charge in [-0.1, -0.05) is 12.1 Å². The molecule has 7 heteroatoms. The Morgan fingerprint density at radius 2 is 2.00 bits per heavy atom. The van der Waals surface area contributed by atoms with Crippen molar-refractivity contribution in [3.8, 4) is 0 Å². The van der Waals surface area contributed by atoms with Gasteiger partial charge in [0.1, 0.15) is 4.60 Å². The van der Waals surface area contributed by atoms with Crippen LogP contribution in [0.25, 0.3) is 0 Å². The Morgan fingerprint density at radius 1 is 1.29 bits per heavy atom. The smallest absolute Gasteiger partial charge is 0.261 e. The van der Waals surface area contributed by atoms with Gasteiger partial charge in [0.2, 0.25) is 0 Å². The van der Waals surface area contributed by atoms with Gasteiger partial charge in [0.25, 0.3) is 10.0 Å². The molecule has 0 aliphatic carbocycles. The second kappa shape index (κ2) is 5.95. The number of carbonyl (C=O) groups excluding carboxylic acids is 1. The first kappa shape index (κ1) is 15.7. The highest BCUT2D eigenvalue weighted by Crippen LogP contribution is 2.20. The van der Waals surface area contributed by atoms with Gasteiger partial charge in [0, 0.05) is 5.56 Å². The van der Waals surface area contributed by atoms with E-state index in [-0.39, 0.29) is 10.7 Å². The zero-order valence-electron chi connectivity index (χ0n) is 11.4. The average molecular weight is 369 g/mol. The van der Waals surface area contributed by atoms with E-state index in [1.807, 2.05) is 6.92 Å². The maximum Gasteiger partial charge on any atom is 0.261 e. The molecule has 0 saturated heterocycles. The van der Waals surface area contributed by atoms with Gasteiger partial charge in [-0.2, -0.15) is 0 Å². The third kappa shape index (κ3) is 3.68. The molecule has 0 aliphatic rings. The number of pyridine rings is 1. The van der Waals surface area contributed by atoms with E-state index in [1.165, 1.54) is 31.3 Å². The van der Waals surface area contributed by atoms with Gasteiger partial charge in [0.05, 0.1) is 16.8 Å². The number of hydrogen-bond donors (Lipinski definition) is 1. The Morgan fingerprint density at radius 3 is 2.62 bits per heavy atom. The minimum absolute atomic E-state index is 0.0378. The number of nitrogens with one attached hydrogen (secondary N) is 1. The van der Waals surface area contributed by atoms with Crippen molar-refractivity contribution in [3.05, 3.63) is 52.3 Å². The molecule has 21 heavy (non-hydrogen) atoms. The molecule has 1 aromatic carbocycles. The lowest BCUT2D eigenvalue weighted by Gasteiger charge is -2.09. The number of rotatable bonds is 4. The molecule has 0 atom stereocenters. The molecule has 2 rings (SSSR count). The molecule has 0 unspecified atom stereocenters. The molecule has 1 aromatic heterocycles. The first-order valence-electron chi connectivity index (χ1n) is 6.05. The molecule has 0 aliphatic heterocycles. The van der Waals surface area contributed by atoms with Crippen LogP contribution in [0.15, 0.2) is 46.0 Å². The number of aryl methyl sites for hydroxylation is 1. The SMILES string of the molecule is CC(=O)c1cccc(S(=O)(=O)Nc2cnc(Br)c(C)c2)c1. The quantitative estimate of drug-likeness (QED) is 0.664. The summed E-state index contributed by atoms with van der Waals surface area (Å²) in [5.41, 5.74) is 1.53. The summed E-state index contributed by atoms with van der Waals surface area (Å²) in [6.07, 6.45) is 1.42. The van der Waals surface area contributed by atoms with Crippen LogP contribution in [0.5, 0.6) is 0 Å². The summed E-state index contributed by atoms with van der Waals surface area (Å²) in [6, 6.07) is 7.57. The fourth-order valence-electron chi connectivity index (χ4n) is 1.71. The van der Waals surface area contributed by atoms with Crippen molar-refractivity contribution < 1.29 is 13.2 Å². The minimum atomic E-state index is -3.76. The highest BCUT2D eigenvalue weighted by atomic mass is 79.9. The lowest BCUT2D eigenvalue weighted by molar-refractivity contribution is 0.101. The highest BCUT2D eigenvalue weighted by Gasteiger charge is 2.16. The molecule has 0 radical (unpaired) electrons. The van der Waals surface area contributed by atoms with Crippen molar-refractivity contribution in [2.24, 2.45) is 0 Å². The van der Waals surface area contributed by atoms with E-state index in [2.05, 4.69) is 25.6 Å². The Balaban J connectivity index is 2.36. The van der Waals surface area contributed by atoms with Gasteiger partial charge in [0.15, 0.2) is 5.78 Å². The summed E-state index contributed by atoms with van der Waals surface area (Å²) in [6.45, 7) is 3.20. The summed E-state index contributed by atoms with van der Waals surface area (Å²) >= 11 is 3.25. The normalized spacial score (nSPS) is 11.2. The lowest BCUT2D eigenvalue weighted by Crippen LogP contribution is -2.14. The lowest BCUT2D eigenvalue weighted by atomic mass is 10.2. The van der Waals surface area contributed by atoms with Crippen molar-refractivity contribution in [2.75, 3.05) is 4.72 Å². The molecule has 0 saturated carbocycles. The average Bonchev–Trinajstić information content (AvgIpc) is 2.43. The molecule has 5 nitrogen and oxygen atoms in total. The molecule has 0 fully saturated rings. The summed E-state index contributed by atoms with van der Waals surface area (Å²) in [5.74, 6) is -0.187. The predicted octanol–water partition coefficient (Wildman–Crippen LogP) is 3.16. The maximum atomic E-state index is 12.3. The number of hydrogen-bond acceptors (Lipinski definition) is 4. The monoisotopic (exact) mass is 368 g/mol. The Hall–Kier alpha value is -1.73. The Bertz CT molecular complexity index is 804. The van der Waals surface area contributed by atoms with Crippen molar-refractivity contribution in [1.82, 2.24) is 4.98 Å². The molecule has 1 N–H and O–H groups in total. The number of benzene rings is 1. The number of sulfonamides is 1. The molecule has 2 aromatic rings. The van der Waals surface area contributed by atoms with Crippen LogP contribution in [-0.2, 0) is 10.0 Å². The van der Waals surface area contributed by atoms with Crippen LogP contribution in [0, 0.1) is 6.92 Å². The van der Waals surface area contributed by atoms with Crippen LogP contribution in [0.2, 0.25) is 0 Å². The first-order chi connectivity index (χ1) is 9.79. The first-order valence-corrected chi connectivity index (χ1v) is 8.33. The molecule has 0 bridgehead atoms. The molecule has 110 valence electrons. The minimum Gasteiger partial charge on any atom is -0.295 e. The third-order valence-corrected chi connectivity index (χ3v) is 5.03. The number of aromatic nitrogens is 1. The van der Waals surface area contributed by atoms with E-state index in [4.69, 9.17) is 0 Å². The van der Waals surface area contributed by atoms with Gasteiger partial charge in [-0.25, -0.2) is 13.4 Å². The Labute approximate surface area is 131 Å². The van der Waals surface area contributed by atoms with Crippen molar-refractivity contribution in [2.45, 2.75) is 18.7 Å². The van der Waals surface area contributed by atoms with Gasteiger partial charge in [-0.3, -0.25) is 9.52 Å². The van der Waals surface area contributed by atoms with Gasteiger partial charge in [-0.15, -0.1) is 0 Å². The van der Waals surface area contributed by atoms with E-state index in [1.54, 1.807) is 12.1 Å². The second-order valence-electron chi connectivity index (χ2n) is 4.52. The number of carbonyl (C=O) groups is 1. The van der Waals surface area contributed by atoms with E-state index in [0.29, 0.717) is 15.9 Å². The zero-order valence-corrected chi connectivity index (χ0v) is 13.8. The predicted molar refractivity (Wildman–Crippen MR) is 83.9 cm³/mol. The number of anilines is 1. The molecule has 0 amide bonds. The topological polar surface area (TPSA) is 76.1 Å². The van der Waals surface area contributed by atoms with Gasteiger partial charge < -0.3 is 0 Å². The fraction of sp³-hybridized carbons (Fsp3) is 0.143. The largest absolute Gasteiger partial charge is 0.295 e. The van der Waals surface area contributed by atoms with Crippen molar-refractivity contribution in [3.63, 3.8) is 0 Å². The summed E-state index contributed by atoms with van der Waals surface area (Å²) < 4.78 is 27.7. The number of Topliss-reactive ketones (excluding diaryl/α,β-unsaturated/α-hetero) is 1. The molecular formula is C14H13BrN2O3S. The summed E-state index contributed by atoms with van der Waals surface area (Å²) in [7, 11) is -3.76. The van der Waals surface area contributed by atoms with Crippen LogP contribution < -0.4 is 4.72 Å². The standard InChI is InChI=1S/C14H13BrN2O3S/c1-9-6-12(8-16-14(9)15)17-21(19,20)13-5-3-4-11(7-13)10(2)18/h3-8,17H,1-2H3. The van der Waals surface area contributed by atoms with Crippen LogP contribution >= 0.6 is 15.9 Å². The van der Waals surface area contributed by atoms with Gasteiger partial charge >= 0.3 is 0 Å². The number of halogens is 1. The van der Waals surface area contributed by atoms with Crippen molar-refractivity contribution >= 4 is 37.4 Å². The van der Waals surface area contributed by atoms with Crippen LogP contribution in [-0.4, -0.2) is 19.2 Å². The highest BCUT2D eigenvalue weighted by molar-refractivity contribution is 9.10. The molecule has 1 heterocycles. The van der Waals surface area contributed by atoms with E-state index < -0.39 is 10.0 Å². The summed E-state index contributed by atoms with van der Waals surface area (Å²) in [5, 5.41) is 0.